The van der Waals surface area contributed by atoms with Crippen molar-refractivity contribution in [3.8, 4) is 0 Å². The van der Waals surface area contributed by atoms with Crippen LogP contribution in [-0.2, 0) is 20.1 Å². The largest absolute Gasteiger partial charge is 0.335 e. The van der Waals surface area contributed by atoms with Gasteiger partial charge in [0.25, 0.3) is 11.7 Å². The fraction of sp³-hybridized carbons (Fsp3) is 0.417. The van der Waals surface area contributed by atoms with E-state index in [9.17, 15) is 4.79 Å². The number of carbonyl (C=O) groups is 1. The van der Waals surface area contributed by atoms with Gasteiger partial charge in [0.15, 0.2) is 0 Å². The lowest BCUT2D eigenvalue weighted by molar-refractivity contribution is -0.191. The molecule has 0 saturated carbocycles. The summed E-state index contributed by atoms with van der Waals surface area (Å²) in [4.78, 5) is 12.0. The highest BCUT2D eigenvalue weighted by molar-refractivity contribution is 6.04. The normalized spacial score (nSPS) is 30.5. The first-order chi connectivity index (χ1) is 7.54. The van der Waals surface area contributed by atoms with Gasteiger partial charge in [-0.15, -0.1) is 0 Å². The van der Waals surface area contributed by atoms with Gasteiger partial charge in [0.2, 0.25) is 0 Å². The van der Waals surface area contributed by atoms with Crippen LogP contribution in [0.1, 0.15) is 19.4 Å². The van der Waals surface area contributed by atoms with Gasteiger partial charge in [-0.2, -0.15) is 0 Å². The molecule has 1 N–H and O–H groups in total. The molecule has 1 atom stereocenters. The van der Waals surface area contributed by atoms with Crippen LogP contribution in [0.25, 0.3) is 0 Å². The second kappa shape index (κ2) is 2.84. The lowest BCUT2D eigenvalue weighted by Gasteiger charge is -2.22. The number of hydrogen-bond acceptors (Lipinski definition) is 3. The first kappa shape index (κ1) is 9.81. The molecule has 1 fully saturated rings. The highest BCUT2D eigenvalue weighted by atomic mass is 16.8. The molecule has 0 bridgehead atoms. The van der Waals surface area contributed by atoms with Crippen molar-refractivity contribution in [2.75, 3.05) is 11.9 Å². The number of ether oxygens (including phenoxy) is 2. The van der Waals surface area contributed by atoms with Gasteiger partial charge in [-0.1, -0.05) is 18.2 Å². The number of fused-ring (bicyclic) bond motifs is 2. The van der Waals surface area contributed by atoms with Gasteiger partial charge in [-0.05, 0) is 19.9 Å². The average molecular weight is 219 g/mol. The van der Waals surface area contributed by atoms with Gasteiger partial charge in [-0.25, -0.2) is 0 Å². The van der Waals surface area contributed by atoms with Crippen molar-refractivity contribution in [3.63, 3.8) is 0 Å². The van der Waals surface area contributed by atoms with E-state index >= 15 is 0 Å². The molecule has 84 valence electrons. The fourth-order valence-electron chi connectivity index (χ4n) is 2.17. The molecule has 16 heavy (non-hydrogen) atoms. The number of hydrogen-bond donors (Lipinski definition) is 1. The first-order valence-electron chi connectivity index (χ1n) is 5.29. The summed E-state index contributed by atoms with van der Waals surface area (Å²) in [6, 6.07) is 7.45. The zero-order valence-electron chi connectivity index (χ0n) is 9.24. The molecule has 1 saturated heterocycles. The van der Waals surface area contributed by atoms with Gasteiger partial charge in [0.1, 0.15) is 0 Å². The lowest BCUT2D eigenvalue weighted by Crippen LogP contribution is -2.37. The van der Waals surface area contributed by atoms with Crippen LogP contribution in [0, 0.1) is 0 Å². The summed E-state index contributed by atoms with van der Waals surface area (Å²) in [6.45, 7) is 4.24. The quantitative estimate of drug-likeness (QED) is 0.721. The Morgan fingerprint density at radius 2 is 2.06 bits per heavy atom. The molecule has 1 amide bonds. The predicted molar refractivity (Wildman–Crippen MR) is 57.9 cm³/mol. The van der Waals surface area contributed by atoms with E-state index in [1.807, 2.05) is 38.1 Å². The number of anilines is 1. The molecule has 2 heterocycles. The standard InChI is InChI=1S/C12H13NO3/c1-11(2)7-15-12(16-11)8-5-3-4-6-9(8)13-10(12)14/h3-6H,7H2,1-2H3,(H,13,14)/t12-/m0/s1. The third kappa shape index (κ3) is 1.14. The summed E-state index contributed by atoms with van der Waals surface area (Å²) in [5.41, 5.74) is 1.10. The number of nitrogens with one attached hydrogen (secondary N) is 1. The zero-order chi connectivity index (χ0) is 11.4. The highest BCUT2D eigenvalue weighted by Crippen LogP contribution is 2.46. The number of amides is 1. The molecule has 2 aliphatic rings. The van der Waals surface area contributed by atoms with E-state index in [4.69, 9.17) is 9.47 Å². The maximum Gasteiger partial charge on any atom is 0.289 e. The summed E-state index contributed by atoms with van der Waals surface area (Å²) >= 11 is 0. The molecular weight excluding hydrogens is 206 g/mol. The number of rotatable bonds is 0. The Hall–Kier alpha value is -1.39. The average Bonchev–Trinajstić information content (AvgIpc) is 2.69. The van der Waals surface area contributed by atoms with Crippen molar-refractivity contribution in [1.29, 1.82) is 0 Å². The zero-order valence-corrected chi connectivity index (χ0v) is 9.24. The molecule has 1 aromatic rings. The van der Waals surface area contributed by atoms with Crippen LogP contribution in [0.3, 0.4) is 0 Å². The summed E-state index contributed by atoms with van der Waals surface area (Å²) in [5.74, 6) is -1.47. The van der Waals surface area contributed by atoms with E-state index in [0.29, 0.717) is 6.61 Å². The van der Waals surface area contributed by atoms with E-state index in [1.54, 1.807) is 0 Å². The number of para-hydroxylation sites is 1. The van der Waals surface area contributed by atoms with Crippen LogP contribution >= 0.6 is 0 Å². The Morgan fingerprint density at radius 1 is 1.31 bits per heavy atom. The minimum atomic E-state index is -1.24. The summed E-state index contributed by atoms with van der Waals surface area (Å²) in [6.07, 6.45) is 0. The molecule has 1 spiro atoms. The van der Waals surface area contributed by atoms with Crippen molar-refractivity contribution in [3.05, 3.63) is 29.8 Å². The topological polar surface area (TPSA) is 47.6 Å². The van der Waals surface area contributed by atoms with E-state index in [-0.39, 0.29) is 5.91 Å². The first-order valence-corrected chi connectivity index (χ1v) is 5.29. The molecule has 0 aromatic heterocycles. The van der Waals surface area contributed by atoms with Crippen LogP contribution in [0.5, 0.6) is 0 Å². The Kier molecular flexibility index (Phi) is 1.74. The van der Waals surface area contributed by atoms with Crippen LogP contribution in [-0.4, -0.2) is 18.1 Å². The SMILES string of the molecule is CC1(C)CO[C@@]2(O1)C(=O)Nc1ccccc12. The molecule has 0 unspecified atom stereocenters. The molecular formula is C12H13NO3. The third-order valence-electron chi connectivity index (χ3n) is 2.87. The molecule has 4 heteroatoms. The monoisotopic (exact) mass is 219 g/mol. The molecule has 0 aliphatic carbocycles. The van der Waals surface area contributed by atoms with Gasteiger partial charge >= 0.3 is 0 Å². The maximum absolute atomic E-state index is 12.0. The molecule has 3 rings (SSSR count). The van der Waals surface area contributed by atoms with Gasteiger partial charge in [0.05, 0.1) is 17.9 Å². The molecule has 4 nitrogen and oxygen atoms in total. The van der Waals surface area contributed by atoms with Crippen LogP contribution < -0.4 is 5.32 Å². The van der Waals surface area contributed by atoms with Crippen molar-refractivity contribution in [2.24, 2.45) is 0 Å². The Labute approximate surface area is 93.5 Å². The summed E-state index contributed by atoms with van der Waals surface area (Å²) < 4.78 is 11.4. The van der Waals surface area contributed by atoms with Crippen LogP contribution in [0.2, 0.25) is 0 Å². The van der Waals surface area contributed by atoms with Crippen LogP contribution in [0.15, 0.2) is 24.3 Å². The van der Waals surface area contributed by atoms with Gasteiger partial charge < -0.3 is 14.8 Å². The third-order valence-corrected chi connectivity index (χ3v) is 2.87. The lowest BCUT2D eigenvalue weighted by atomic mass is 10.1. The number of benzene rings is 1. The molecule has 2 aliphatic heterocycles. The summed E-state index contributed by atoms with van der Waals surface area (Å²) in [5, 5.41) is 2.78. The minimum Gasteiger partial charge on any atom is -0.335 e. The van der Waals surface area contributed by atoms with Crippen molar-refractivity contribution >= 4 is 11.6 Å². The van der Waals surface area contributed by atoms with Gasteiger partial charge in [0, 0.05) is 5.56 Å². The second-order valence-corrected chi connectivity index (χ2v) is 4.77. The number of carbonyl (C=O) groups excluding carboxylic acids is 1. The van der Waals surface area contributed by atoms with E-state index in [1.165, 1.54) is 0 Å². The van der Waals surface area contributed by atoms with Crippen molar-refractivity contribution < 1.29 is 14.3 Å². The van der Waals surface area contributed by atoms with Crippen molar-refractivity contribution in [1.82, 2.24) is 0 Å². The Bertz CT molecular complexity index is 469. The second-order valence-electron chi connectivity index (χ2n) is 4.77. The van der Waals surface area contributed by atoms with E-state index in [2.05, 4.69) is 5.32 Å². The smallest absolute Gasteiger partial charge is 0.289 e. The summed E-state index contributed by atoms with van der Waals surface area (Å²) in [7, 11) is 0. The van der Waals surface area contributed by atoms with E-state index < -0.39 is 11.4 Å². The maximum atomic E-state index is 12.0. The fourth-order valence-corrected chi connectivity index (χ4v) is 2.17. The van der Waals surface area contributed by atoms with Gasteiger partial charge in [-0.3, -0.25) is 4.79 Å². The Balaban J connectivity index is 2.12. The predicted octanol–water partition coefficient (Wildman–Crippen LogP) is 1.62. The minimum absolute atomic E-state index is 0.237. The Morgan fingerprint density at radius 3 is 2.75 bits per heavy atom. The highest BCUT2D eigenvalue weighted by Gasteiger charge is 2.57. The molecule has 0 radical (unpaired) electrons. The van der Waals surface area contributed by atoms with Crippen LogP contribution in [0.4, 0.5) is 5.69 Å². The molecule has 1 aromatic carbocycles. The van der Waals surface area contributed by atoms with Crippen molar-refractivity contribution in [2.45, 2.75) is 25.2 Å². The van der Waals surface area contributed by atoms with E-state index in [0.717, 1.165) is 11.3 Å².